The minimum atomic E-state index is -1.27. The number of likely N-dealkylation sites (tertiary alicyclic amines) is 1. The van der Waals surface area contributed by atoms with Crippen molar-refractivity contribution in [1.29, 1.82) is 0 Å². The molecule has 2 amide bonds. The third-order valence-electron chi connectivity index (χ3n) is 8.69. The Balaban J connectivity index is 1.14. The first-order chi connectivity index (χ1) is 20.5. The van der Waals surface area contributed by atoms with Crippen molar-refractivity contribution in [1.82, 2.24) is 19.4 Å². The SMILES string of the molecule is CC(C)(C)OC(=O)N1CCC(Cc2ccc(-c3cc(F)c4c(c3)C(=O)N(C(C(=O)O)c3ncn5c3CCC5)C4)cc2)CC1. The summed E-state index contributed by atoms with van der Waals surface area (Å²) < 4.78 is 22.8. The monoisotopic (exact) mass is 588 g/mol. The molecule has 1 aromatic heterocycles. The van der Waals surface area contributed by atoms with E-state index in [1.807, 2.05) is 49.6 Å². The number of hydrogen-bond acceptors (Lipinski definition) is 5. The van der Waals surface area contributed by atoms with Gasteiger partial charge in [-0.1, -0.05) is 24.3 Å². The van der Waals surface area contributed by atoms with Crippen molar-refractivity contribution < 1.29 is 28.6 Å². The topological polar surface area (TPSA) is 105 Å². The number of carbonyl (C=O) groups is 3. The predicted molar refractivity (Wildman–Crippen MR) is 157 cm³/mol. The standard InChI is InChI=1S/C33H37FN4O5/c1-33(2,3)43-32(42)36-13-10-21(11-14-36)15-20-6-8-22(9-7-20)23-16-24-25(26(34)17-23)18-38(30(24)39)29(31(40)41)28-27-5-4-12-37(27)19-35-28/h6-9,16-17,19,21,29H,4-5,10-15,18H2,1-3H3,(H,40,41). The number of carboxylic acids is 1. The molecule has 43 heavy (non-hydrogen) atoms. The van der Waals surface area contributed by atoms with Crippen LogP contribution in [0.2, 0.25) is 0 Å². The van der Waals surface area contributed by atoms with Crippen LogP contribution in [0.25, 0.3) is 11.1 Å². The Hall–Kier alpha value is -4.21. The van der Waals surface area contributed by atoms with Crippen molar-refractivity contribution in [2.75, 3.05) is 13.1 Å². The molecule has 0 radical (unpaired) electrons. The fourth-order valence-corrected chi connectivity index (χ4v) is 6.50. The summed E-state index contributed by atoms with van der Waals surface area (Å²) in [6.07, 6.45) is 5.63. The van der Waals surface area contributed by atoms with E-state index >= 15 is 4.39 Å². The number of rotatable bonds is 6. The van der Waals surface area contributed by atoms with Gasteiger partial charge in [0.2, 0.25) is 0 Å². The summed E-state index contributed by atoms with van der Waals surface area (Å²) in [6, 6.07) is 9.71. The smallest absolute Gasteiger partial charge is 0.410 e. The molecule has 3 aliphatic heterocycles. The molecule has 1 atom stereocenters. The van der Waals surface area contributed by atoms with Gasteiger partial charge in [-0.2, -0.15) is 0 Å². The number of carbonyl (C=O) groups excluding carboxylic acids is 2. The Morgan fingerprint density at radius 2 is 1.81 bits per heavy atom. The van der Waals surface area contributed by atoms with Crippen LogP contribution in [-0.2, 0) is 35.5 Å². The molecule has 6 rings (SSSR count). The molecule has 10 heteroatoms. The number of aliphatic carboxylic acids is 1. The van der Waals surface area contributed by atoms with Gasteiger partial charge >= 0.3 is 12.1 Å². The van der Waals surface area contributed by atoms with Gasteiger partial charge in [-0.05, 0) is 87.6 Å². The van der Waals surface area contributed by atoms with Crippen LogP contribution in [0.15, 0.2) is 42.7 Å². The molecule has 1 N–H and O–H groups in total. The zero-order valence-corrected chi connectivity index (χ0v) is 24.8. The largest absolute Gasteiger partial charge is 0.479 e. The van der Waals surface area contributed by atoms with E-state index in [0.717, 1.165) is 49.0 Å². The van der Waals surface area contributed by atoms with Crippen LogP contribution < -0.4 is 0 Å². The zero-order valence-electron chi connectivity index (χ0n) is 24.8. The van der Waals surface area contributed by atoms with E-state index in [4.69, 9.17) is 4.74 Å². The van der Waals surface area contributed by atoms with Gasteiger partial charge in [-0.25, -0.2) is 19.0 Å². The first-order valence-corrected chi connectivity index (χ1v) is 15.0. The molecule has 0 aliphatic carbocycles. The lowest BCUT2D eigenvalue weighted by Gasteiger charge is -2.33. The van der Waals surface area contributed by atoms with Crippen molar-refractivity contribution in [3.05, 3.63) is 76.6 Å². The molecule has 1 saturated heterocycles. The number of amides is 2. The Morgan fingerprint density at radius 1 is 1.09 bits per heavy atom. The van der Waals surface area contributed by atoms with E-state index in [0.29, 0.717) is 36.7 Å². The average molecular weight is 589 g/mol. The van der Waals surface area contributed by atoms with Crippen LogP contribution in [0.1, 0.15) is 78.9 Å². The number of benzene rings is 2. The lowest BCUT2D eigenvalue weighted by Crippen LogP contribution is -2.42. The van der Waals surface area contributed by atoms with Crippen LogP contribution >= 0.6 is 0 Å². The molecule has 1 unspecified atom stereocenters. The summed E-state index contributed by atoms with van der Waals surface area (Å²) in [7, 11) is 0. The van der Waals surface area contributed by atoms with Gasteiger partial charge in [0.1, 0.15) is 11.4 Å². The third-order valence-corrected chi connectivity index (χ3v) is 8.69. The number of aryl methyl sites for hydroxylation is 1. The van der Waals surface area contributed by atoms with Crippen LogP contribution in [0.5, 0.6) is 0 Å². The lowest BCUT2D eigenvalue weighted by atomic mass is 9.89. The highest BCUT2D eigenvalue weighted by molar-refractivity contribution is 6.01. The maximum absolute atomic E-state index is 15.4. The van der Waals surface area contributed by atoms with Gasteiger partial charge in [0, 0.05) is 36.5 Å². The Labute approximate surface area is 250 Å². The number of carboxylic acid groups (broad SMARTS) is 1. The molecule has 2 aromatic carbocycles. The van der Waals surface area contributed by atoms with Gasteiger partial charge < -0.3 is 24.2 Å². The fraction of sp³-hybridized carbons (Fsp3) is 0.455. The van der Waals surface area contributed by atoms with Gasteiger partial charge in [0.05, 0.1) is 18.6 Å². The van der Waals surface area contributed by atoms with Gasteiger partial charge in [-0.3, -0.25) is 4.79 Å². The van der Waals surface area contributed by atoms with E-state index < -0.39 is 29.3 Å². The summed E-state index contributed by atoms with van der Waals surface area (Å²) in [5.74, 6) is -1.76. The minimum absolute atomic E-state index is 0.116. The summed E-state index contributed by atoms with van der Waals surface area (Å²) >= 11 is 0. The summed E-state index contributed by atoms with van der Waals surface area (Å²) in [4.78, 5) is 45.6. The highest BCUT2D eigenvalue weighted by atomic mass is 19.1. The second kappa shape index (κ2) is 11.1. The summed E-state index contributed by atoms with van der Waals surface area (Å²) in [6.45, 7) is 7.60. The van der Waals surface area contributed by atoms with Crippen molar-refractivity contribution >= 4 is 18.0 Å². The van der Waals surface area contributed by atoms with E-state index in [1.54, 1.807) is 17.3 Å². The van der Waals surface area contributed by atoms with Crippen molar-refractivity contribution in [3.63, 3.8) is 0 Å². The normalized spacial score (nSPS) is 17.6. The molecule has 0 bridgehead atoms. The molecule has 9 nitrogen and oxygen atoms in total. The second-order valence-electron chi connectivity index (χ2n) is 12.8. The summed E-state index contributed by atoms with van der Waals surface area (Å²) in [5, 5.41) is 10.1. The molecular weight excluding hydrogens is 551 g/mol. The average Bonchev–Trinajstić information content (AvgIpc) is 3.66. The van der Waals surface area contributed by atoms with Crippen LogP contribution in [0, 0.1) is 11.7 Å². The molecule has 4 heterocycles. The van der Waals surface area contributed by atoms with Crippen LogP contribution in [-0.4, -0.2) is 61.1 Å². The predicted octanol–water partition coefficient (Wildman–Crippen LogP) is 5.61. The quantitative estimate of drug-likeness (QED) is 0.402. The molecule has 226 valence electrons. The first-order valence-electron chi connectivity index (χ1n) is 15.0. The second-order valence-corrected chi connectivity index (χ2v) is 12.8. The Bertz CT molecular complexity index is 1570. The minimum Gasteiger partial charge on any atom is -0.479 e. The Morgan fingerprint density at radius 3 is 2.49 bits per heavy atom. The summed E-state index contributed by atoms with van der Waals surface area (Å²) in [5.41, 5.74) is 3.58. The van der Waals surface area contributed by atoms with Crippen LogP contribution in [0.4, 0.5) is 9.18 Å². The molecule has 1 fully saturated rings. The van der Waals surface area contributed by atoms with Crippen molar-refractivity contribution in [3.8, 4) is 11.1 Å². The Kier molecular flexibility index (Phi) is 7.48. The number of ether oxygens (including phenoxy) is 1. The number of aromatic nitrogens is 2. The molecule has 3 aliphatic rings. The molecule has 3 aromatic rings. The van der Waals surface area contributed by atoms with E-state index in [9.17, 15) is 19.5 Å². The zero-order chi connectivity index (χ0) is 30.5. The number of halogens is 1. The number of hydrogen-bond donors (Lipinski definition) is 1. The number of piperidine rings is 1. The van der Waals surface area contributed by atoms with E-state index in [2.05, 4.69) is 4.98 Å². The molecule has 0 saturated carbocycles. The van der Waals surface area contributed by atoms with E-state index in [-0.39, 0.29) is 23.8 Å². The lowest BCUT2D eigenvalue weighted by molar-refractivity contribution is -0.142. The highest BCUT2D eigenvalue weighted by Gasteiger charge is 2.42. The maximum Gasteiger partial charge on any atom is 0.410 e. The fourth-order valence-electron chi connectivity index (χ4n) is 6.50. The first kappa shape index (κ1) is 28.9. The van der Waals surface area contributed by atoms with Gasteiger partial charge in [0.25, 0.3) is 5.91 Å². The number of fused-ring (bicyclic) bond motifs is 2. The van der Waals surface area contributed by atoms with Gasteiger partial charge in [0.15, 0.2) is 6.04 Å². The maximum atomic E-state index is 15.4. The highest BCUT2D eigenvalue weighted by Crippen LogP contribution is 2.37. The molecular formula is C33H37FN4O5. The van der Waals surface area contributed by atoms with Crippen molar-refractivity contribution in [2.45, 2.75) is 77.6 Å². The van der Waals surface area contributed by atoms with Crippen molar-refractivity contribution in [2.24, 2.45) is 5.92 Å². The molecule has 0 spiro atoms. The number of nitrogens with zero attached hydrogens (tertiary/aromatic N) is 4. The van der Waals surface area contributed by atoms with Gasteiger partial charge in [-0.15, -0.1) is 0 Å². The van der Waals surface area contributed by atoms with E-state index in [1.165, 1.54) is 11.0 Å². The van der Waals surface area contributed by atoms with Crippen LogP contribution in [0.3, 0.4) is 0 Å². The number of imidazole rings is 1. The third kappa shape index (κ3) is 5.75.